The summed E-state index contributed by atoms with van der Waals surface area (Å²) in [6.07, 6.45) is 0.878. The fourth-order valence-corrected chi connectivity index (χ4v) is 0.706. The highest BCUT2D eigenvalue weighted by Crippen LogP contribution is 2.21. The van der Waals surface area contributed by atoms with Gasteiger partial charge in [-0.1, -0.05) is 20.8 Å². The number of Topliss-reactive ketones (excluding diaryl/α,β-unsaturated/α-hetero) is 1. The predicted octanol–water partition coefficient (Wildman–Crippen LogP) is 2.35. The zero-order chi connectivity index (χ0) is 8.20. The van der Waals surface area contributed by atoms with Crippen molar-refractivity contribution in [2.75, 3.05) is 6.67 Å². The second-order valence-corrected chi connectivity index (χ2v) is 3.37. The van der Waals surface area contributed by atoms with Gasteiger partial charge in [0.05, 0.1) is 6.67 Å². The van der Waals surface area contributed by atoms with Crippen LogP contribution in [0.5, 0.6) is 0 Å². The van der Waals surface area contributed by atoms with E-state index in [-0.39, 0.29) is 5.78 Å². The molecule has 0 aromatic heterocycles. The summed E-state index contributed by atoms with van der Waals surface area (Å²) in [4.78, 5) is 10.8. The molecule has 0 bridgehead atoms. The average molecular weight is 146 g/mol. The van der Waals surface area contributed by atoms with Crippen molar-refractivity contribution in [2.45, 2.75) is 33.6 Å². The van der Waals surface area contributed by atoms with Crippen LogP contribution in [0, 0.1) is 5.41 Å². The zero-order valence-electron chi connectivity index (χ0n) is 6.91. The fraction of sp³-hybridized carbons (Fsp3) is 0.875. The van der Waals surface area contributed by atoms with Crippen LogP contribution >= 0.6 is 0 Å². The molecule has 0 radical (unpaired) electrons. The Balaban J connectivity index is 3.76. The monoisotopic (exact) mass is 146 g/mol. The highest BCUT2D eigenvalue weighted by Gasteiger charge is 2.20. The number of hydrogen-bond acceptors (Lipinski definition) is 1. The number of hydrogen-bond donors (Lipinski definition) is 0. The van der Waals surface area contributed by atoms with Crippen molar-refractivity contribution in [1.82, 2.24) is 0 Å². The summed E-state index contributed by atoms with van der Waals surface area (Å²) >= 11 is 0. The Morgan fingerprint density at radius 1 is 1.50 bits per heavy atom. The SMILES string of the molecule is CCC(=O)CC(C)(C)CF. The van der Waals surface area contributed by atoms with Gasteiger partial charge in [0.15, 0.2) is 0 Å². The number of rotatable bonds is 4. The summed E-state index contributed by atoms with van der Waals surface area (Å²) in [5, 5.41) is 0. The molecule has 0 aliphatic heterocycles. The Hall–Kier alpha value is -0.400. The molecule has 0 atom stereocenters. The predicted molar refractivity (Wildman–Crippen MR) is 39.7 cm³/mol. The van der Waals surface area contributed by atoms with Gasteiger partial charge in [-0.05, 0) is 5.41 Å². The van der Waals surface area contributed by atoms with E-state index in [0.29, 0.717) is 12.8 Å². The standard InChI is InChI=1S/C8H15FO/c1-4-7(10)5-8(2,3)6-9/h4-6H2,1-3H3. The first-order valence-corrected chi connectivity index (χ1v) is 3.59. The minimum atomic E-state index is -0.451. The fourth-order valence-electron chi connectivity index (χ4n) is 0.706. The molecular formula is C8H15FO. The smallest absolute Gasteiger partial charge is 0.133 e. The highest BCUT2D eigenvalue weighted by atomic mass is 19.1. The van der Waals surface area contributed by atoms with Crippen LogP contribution in [0.2, 0.25) is 0 Å². The third-order valence-electron chi connectivity index (χ3n) is 1.43. The molecular weight excluding hydrogens is 131 g/mol. The van der Waals surface area contributed by atoms with Crippen LogP contribution in [0.25, 0.3) is 0 Å². The van der Waals surface area contributed by atoms with Gasteiger partial charge in [-0.15, -0.1) is 0 Å². The maximum Gasteiger partial charge on any atom is 0.133 e. The van der Waals surface area contributed by atoms with Crippen molar-refractivity contribution in [3.8, 4) is 0 Å². The van der Waals surface area contributed by atoms with Crippen LogP contribution in [0.3, 0.4) is 0 Å². The van der Waals surface area contributed by atoms with Crippen molar-refractivity contribution < 1.29 is 9.18 Å². The topological polar surface area (TPSA) is 17.1 Å². The number of halogens is 1. The largest absolute Gasteiger partial charge is 0.300 e. The molecule has 0 aliphatic rings. The summed E-state index contributed by atoms with van der Waals surface area (Å²) in [7, 11) is 0. The Bertz CT molecular complexity index is 118. The van der Waals surface area contributed by atoms with Gasteiger partial charge in [-0.3, -0.25) is 9.18 Å². The lowest BCUT2D eigenvalue weighted by Crippen LogP contribution is -2.18. The molecule has 0 saturated heterocycles. The molecule has 0 aromatic carbocycles. The summed E-state index contributed by atoms with van der Waals surface area (Å²) in [6, 6.07) is 0. The van der Waals surface area contributed by atoms with E-state index in [1.807, 2.05) is 0 Å². The molecule has 10 heavy (non-hydrogen) atoms. The summed E-state index contributed by atoms with van der Waals surface area (Å²) in [5.41, 5.74) is -0.451. The van der Waals surface area contributed by atoms with Gasteiger partial charge < -0.3 is 0 Å². The van der Waals surface area contributed by atoms with Crippen molar-refractivity contribution in [3.05, 3.63) is 0 Å². The van der Waals surface area contributed by atoms with Gasteiger partial charge in [-0.25, -0.2) is 0 Å². The van der Waals surface area contributed by atoms with Gasteiger partial charge in [-0.2, -0.15) is 0 Å². The number of ketones is 1. The first-order valence-electron chi connectivity index (χ1n) is 3.59. The Morgan fingerprint density at radius 2 is 2.00 bits per heavy atom. The molecule has 0 unspecified atom stereocenters. The van der Waals surface area contributed by atoms with E-state index in [9.17, 15) is 9.18 Å². The number of carbonyl (C=O) groups is 1. The normalized spacial score (nSPS) is 11.6. The van der Waals surface area contributed by atoms with E-state index < -0.39 is 12.1 Å². The van der Waals surface area contributed by atoms with Crippen LogP contribution in [0.4, 0.5) is 4.39 Å². The van der Waals surface area contributed by atoms with Crippen molar-refractivity contribution >= 4 is 5.78 Å². The van der Waals surface area contributed by atoms with Gasteiger partial charge in [0.25, 0.3) is 0 Å². The molecule has 0 amide bonds. The lowest BCUT2D eigenvalue weighted by molar-refractivity contribution is -0.120. The highest BCUT2D eigenvalue weighted by molar-refractivity contribution is 5.78. The maximum atomic E-state index is 12.1. The first kappa shape index (κ1) is 9.60. The van der Waals surface area contributed by atoms with E-state index in [1.54, 1.807) is 20.8 Å². The molecule has 0 fully saturated rings. The Kier molecular flexibility index (Phi) is 3.54. The lowest BCUT2D eigenvalue weighted by Gasteiger charge is -2.18. The van der Waals surface area contributed by atoms with Gasteiger partial charge in [0.2, 0.25) is 0 Å². The Morgan fingerprint density at radius 3 is 2.30 bits per heavy atom. The van der Waals surface area contributed by atoms with Crippen molar-refractivity contribution in [1.29, 1.82) is 0 Å². The Labute approximate surface area is 61.6 Å². The minimum Gasteiger partial charge on any atom is -0.300 e. The minimum absolute atomic E-state index is 0.141. The van der Waals surface area contributed by atoms with E-state index >= 15 is 0 Å². The van der Waals surface area contributed by atoms with Crippen LogP contribution < -0.4 is 0 Å². The average Bonchev–Trinajstić information content (AvgIpc) is 1.87. The van der Waals surface area contributed by atoms with Crippen LogP contribution in [-0.4, -0.2) is 12.5 Å². The second kappa shape index (κ2) is 3.69. The molecule has 0 N–H and O–H groups in total. The van der Waals surface area contributed by atoms with E-state index in [0.717, 1.165) is 0 Å². The molecule has 1 nitrogen and oxygen atoms in total. The quantitative estimate of drug-likeness (QED) is 0.595. The second-order valence-electron chi connectivity index (χ2n) is 3.37. The van der Waals surface area contributed by atoms with Crippen molar-refractivity contribution in [3.63, 3.8) is 0 Å². The number of carbonyl (C=O) groups excluding carboxylic acids is 1. The first-order chi connectivity index (χ1) is 4.52. The molecule has 0 heterocycles. The lowest BCUT2D eigenvalue weighted by atomic mass is 9.88. The summed E-state index contributed by atoms with van der Waals surface area (Å²) < 4.78 is 12.1. The molecule has 0 aliphatic carbocycles. The molecule has 0 saturated carbocycles. The maximum absolute atomic E-state index is 12.1. The van der Waals surface area contributed by atoms with Crippen LogP contribution in [-0.2, 0) is 4.79 Å². The third kappa shape index (κ3) is 3.59. The third-order valence-corrected chi connectivity index (χ3v) is 1.43. The van der Waals surface area contributed by atoms with Gasteiger partial charge in [0.1, 0.15) is 5.78 Å². The van der Waals surface area contributed by atoms with Crippen LogP contribution in [0.1, 0.15) is 33.6 Å². The van der Waals surface area contributed by atoms with Gasteiger partial charge in [0, 0.05) is 12.8 Å². The van der Waals surface area contributed by atoms with E-state index in [1.165, 1.54) is 0 Å². The zero-order valence-corrected chi connectivity index (χ0v) is 6.91. The molecule has 2 heteroatoms. The summed E-state index contributed by atoms with van der Waals surface area (Å²) in [5.74, 6) is 0.141. The van der Waals surface area contributed by atoms with Gasteiger partial charge >= 0.3 is 0 Å². The number of alkyl halides is 1. The molecule has 0 spiro atoms. The molecule has 0 rings (SSSR count). The van der Waals surface area contributed by atoms with E-state index in [2.05, 4.69) is 0 Å². The van der Waals surface area contributed by atoms with E-state index in [4.69, 9.17) is 0 Å². The van der Waals surface area contributed by atoms with Crippen LogP contribution in [0.15, 0.2) is 0 Å². The molecule has 60 valence electrons. The van der Waals surface area contributed by atoms with Crippen molar-refractivity contribution in [2.24, 2.45) is 5.41 Å². The molecule has 0 aromatic rings. The summed E-state index contributed by atoms with van der Waals surface area (Å²) in [6.45, 7) is 4.91.